The van der Waals surface area contributed by atoms with Gasteiger partial charge in [0.1, 0.15) is 11.4 Å². The van der Waals surface area contributed by atoms with Crippen molar-refractivity contribution >= 4 is 17.5 Å². The summed E-state index contributed by atoms with van der Waals surface area (Å²) < 4.78 is 8.44. The number of para-hydroxylation sites is 1. The molecule has 0 bridgehead atoms. The van der Waals surface area contributed by atoms with Crippen molar-refractivity contribution < 1.29 is 14.3 Å². The number of ether oxygens (including phenoxy) is 1. The standard InChI is InChI=1S/C24H24N4O3/c29-21(26-19-9-5-2-6-10-19)20-17-28-16-13-25-23(28)24(31-20)11-14-27(15-12-24)22(30)18-7-3-1-4-8-18/h1-10,13,16,20H,11-12,14-15,17H2,(H,26,29). The number of amides is 2. The molecule has 7 nitrogen and oxygen atoms in total. The van der Waals surface area contributed by atoms with Crippen LogP contribution in [-0.2, 0) is 21.7 Å². The largest absolute Gasteiger partial charge is 0.352 e. The maximum atomic E-state index is 12.9. The summed E-state index contributed by atoms with van der Waals surface area (Å²) in [5, 5.41) is 2.94. The van der Waals surface area contributed by atoms with Crippen LogP contribution in [-0.4, -0.2) is 45.5 Å². The molecule has 1 unspecified atom stereocenters. The Kier molecular flexibility index (Phi) is 5.03. The molecule has 1 spiro atoms. The van der Waals surface area contributed by atoms with E-state index in [9.17, 15) is 9.59 Å². The smallest absolute Gasteiger partial charge is 0.255 e. The first-order valence-electron chi connectivity index (χ1n) is 10.5. The number of nitrogens with zero attached hydrogens (tertiary/aromatic N) is 3. The molecule has 3 aromatic rings. The predicted molar refractivity (Wildman–Crippen MR) is 115 cm³/mol. The van der Waals surface area contributed by atoms with Gasteiger partial charge in [-0.15, -0.1) is 0 Å². The molecule has 31 heavy (non-hydrogen) atoms. The Balaban J connectivity index is 1.33. The molecule has 3 heterocycles. The first kappa shape index (κ1) is 19.5. The summed E-state index contributed by atoms with van der Waals surface area (Å²) in [5.41, 5.74) is 0.753. The molecule has 1 fully saturated rings. The number of aromatic nitrogens is 2. The molecular weight excluding hydrogens is 392 g/mol. The van der Waals surface area contributed by atoms with E-state index >= 15 is 0 Å². The number of anilines is 1. The van der Waals surface area contributed by atoms with E-state index in [2.05, 4.69) is 10.3 Å². The fraction of sp³-hybridized carbons (Fsp3) is 0.292. The Hall–Kier alpha value is -3.45. The van der Waals surface area contributed by atoms with E-state index in [4.69, 9.17) is 4.74 Å². The first-order valence-corrected chi connectivity index (χ1v) is 10.5. The van der Waals surface area contributed by atoms with E-state index in [1.165, 1.54) is 0 Å². The van der Waals surface area contributed by atoms with Gasteiger partial charge in [-0.05, 0) is 24.3 Å². The van der Waals surface area contributed by atoms with Crippen LogP contribution in [0.4, 0.5) is 5.69 Å². The van der Waals surface area contributed by atoms with Crippen LogP contribution in [0.15, 0.2) is 73.1 Å². The highest BCUT2D eigenvalue weighted by atomic mass is 16.5. The van der Waals surface area contributed by atoms with Gasteiger partial charge in [-0.3, -0.25) is 9.59 Å². The van der Waals surface area contributed by atoms with Crippen LogP contribution >= 0.6 is 0 Å². The van der Waals surface area contributed by atoms with Crippen molar-refractivity contribution in [3.8, 4) is 0 Å². The second-order valence-electron chi connectivity index (χ2n) is 8.02. The van der Waals surface area contributed by atoms with Gasteiger partial charge in [0.2, 0.25) is 0 Å². The van der Waals surface area contributed by atoms with Crippen LogP contribution in [0.5, 0.6) is 0 Å². The van der Waals surface area contributed by atoms with Gasteiger partial charge in [-0.1, -0.05) is 36.4 Å². The van der Waals surface area contributed by atoms with E-state index in [1.54, 1.807) is 6.20 Å². The number of rotatable bonds is 3. The molecule has 5 rings (SSSR count). The van der Waals surface area contributed by atoms with E-state index in [1.807, 2.05) is 76.3 Å². The zero-order chi connectivity index (χ0) is 21.3. The molecule has 2 aliphatic rings. The number of hydrogen-bond donors (Lipinski definition) is 1. The van der Waals surface area contributed by atoms with Crippen molar-refractivity contribution in [3.63, 3.8) is 0 Å². The monoisotopic (exact) mass is 416 g/mol. The number of carbonyl (C=O) groups is 2. The number of benzene rings is 2. The second-order valence-corrected chi connectivity index (χ2v) is 8.02. The Morgan fingerprint density at radius 1 is 1.00 bits per heavy atom. The summed E-state index contributed by atoms with van der Waals surface area (Å²) in [5.74, 6) is 0.684. The fourth-order valence-corrected chi connectivity index (χ4v) is 4.45. The Labute approximate surface area is 180 Å². The lowest BCUT2D eigenvalue weighted by Gasteiger charge is -2.45. The molecule has 2 aromatic carbocycles. The maximum Gasteiger partial charge on any atom is 0.255 e. The molecule has 0 aliphatic carbocycles. The van der Waals surface area contributed by atoms with Gasteiger partial charge in [0, 0.05) is 49.6 Å². The highest BCUT2D eigenvalue weighted by molar-refractivity contribution is 5.95. The van der Waals surface area contributed by atoms with Gasteiger partial charge in [0.15, 0.2) is 6.10 Å². The van der Waals surface area contributed by atoms with Crippen molar-refractivity contribution in [3.05, 3.63) is 84.4 Å². The molecule has 0 saturated carbocycles. The fourth-order valence-electron chi connectivity index (χ4n) is 4.45. The van der Waals surface area contributed by atoms with Gasteiger partial charge >= 0.3 is 0 Å². The summed E-state index contributed by atoms with van der Waals surface area (Å²) >= 11 is 0. The predicted octanol–water partition coefficient (Wildman–Crippen LogP) is 3.05. The Bertz CT molecular complexity index is 1070. The Morgan fingerprint density at radius 3 is 2.39 bits per heavy atom. The Morgan fingerprint density at radius 2 is 1.68 bits per heavy atom. The number of nitrogens with one attached hydrogen (secondary N) is 1. The van der Waals surface area contributed by atoms with E-state index in [-0.39, 0.29) is 11.8 Å². The zero-order valence-corrected chi connectivity index (χ0v) is 17.1. The lowest BCUT2D eigenvalue weighted by molar-refractivity contribution is -0.168. The van der Waals surface area contributed by atoms with E-state index in [0.29, 0.717) is 38.0 Å². The van der Waals surface area contributed by atoms with Gasteiger partial charge < -0.3 is 19.5 Å². The molecule has 1 saturated heterocycles. The average molecular weight is 416 g/mol. The van der Waals surface area contributed by atoms with Crippen LogP contribution in [0.2, 0.25) is 0 Å². The number of hydrogen-bond acceptors (Lipinski definition) is 4. The SMILES string of the molecule is O=C(Nc1ccccc1)C1Cn2ccnc2C2(CCN(C(=O)c3ccccc3)CC2)O1. The van der Waals surface area contributed by atoms with E-state index < -0.39 is 11.7 Å². The van der Waals surface area contributed by atoms with Crippen molar-refractivity contribution in [2.75, 3.05) is 18.4 Å². The average Bonchev–Trinajstić information content (AvgIpc) is 3.30. The zero-order valence-electron chi connectivity index (χ0n) is 17.1. The minimum Gasteiger partial charge on any atom is -0.352 e. The van der Waals surface area contributed by atoms with Crippen molar-refractivity contribution in [1.82, 2.24) is 14.5 Å². The number of fused-ring (bicyclic) bond motifs is 2. The minimum absolute atomic E-state index is 0.0213. The molecule has 158 valence electrons. The highest BCUT2D eigenvalue weighted by Crippen LogP contribution is 2.40. The number of piperidine rings is 1. The molecule has 2 amide bonds. The number of imidazole rings is 1. The maximum absolute atomic E-state index is 12.9. The number of likely N-dealkylation sites (tertiary alicyclic amines) is 1. The molecule has 2 aliphatic heterocycles. The van der Waals surface area contributed by atoms with E-state index in [0.717, 1.165) is 11.5 Å². The second kappa shape index (κ2) is 8.00. The van der Waals surface area contributed by atoms with Crippen LogP contribution in [0.25, 0.3) is 0 Å². The van der Waals surface area contributed by atoms with Crippen LogP contribution in [0, 0.1) is 0 Å². The molecule has 1 N–H and O–H groups in total. The van der Waals surface area contributed by atoms with Gasteiger partial charge in [0.05, 0.1) is 6.54 Å². The van der Waals surface area contributed by atoms with Gasteiger partial charge in [-0.2, -0.15) is 0 Å². The lowest BCUT2D eigenvalue weighted by atomic mass is 9.88. The lowest BCUT2D eigenvalue weighted by Crippen LogP contribution is -2.54. The normalized spacial score (nSPS) is 19.6. The minimum atomic E-state index is -0.673. The summed E-state index contributed by atoms with van der Waals surface area (Å²) in [6.45, 7) is 1.52. The number of carbonyl (C=O) groups excluding carboxylic acids is 2. The van der Waals surface area contributed by atoms with Crippen molar-refractivity contribution in [2.24, 2.45) is 0 Å². The highest BCUT2D eigenvalue weighted by Gasteiger charge is 2.47. The van der Waals surface area contributed by atoms with Crippen molar-refractivity contribution in [2.45, 2.75) is 31.1 Å². The van der Waals surface area contributed by atoms with Gasteiger partial charge in [-0.25, -0.2) is 4.98 Å². The quantitative estimate of drug-likeness (QED) is 0.712. The summed E-state index contributed by atoms with van der Waals surface area (Å²) in [6, 6.07) is 18.7. The summed E-state index contributed by atoms with van der Waals surface area (Å²) in [4.78, 5) is 32.2. The molecular formula is C24H24N4O3. The molecule has 1 atom stereocenters. The van der Waals surface area contributed by atoms with Crippen molar-refractivity contribution in [1.29, 1.82) is 0 Å². The topological polar surface area (TPSA) is 76.5 Å². The van der Waals surface area contributed by atoms with Crippen LogP contribution in [0.1, 0.15) is 29.0 Å². The van der Waals surface area contributed by atoms with Gasteiger partial charge in [0.25, 0.3) is 11.8 Å². The van der Waals surface area contributed by atoms with Crippen LogP contribution < -0.4 is 5.32 Å². The third-order valence-corrected chi connectivity index (χ3v) is 6.07. The molecule has 1 aromatic heterocycles. The summed E-state index contributed by atoms with van der Waals surface area (Å²) in [7, 11) is 0. The first-order chi connectivity index (χ1) is 15.1. The third kappa shape index (κ3) is 3.72. The van der Waals surface area contributed by atoms with Crippen LogP contribution in [0.3, 0.4) is 0 Å². The third-order valence-electron chi connectivity index (χ3n) is 6.07. The summed E-state index contributed by atoms with van der Waals surface area (Å²) in [6.07, 6.45) is 4.21. The molecule has 7 heteroatoms. The molecule has 0 radical (unpaired) electrons.